The summed E-state index contributed by atoms with van der Waals surface area (Å²) in [6, 6.07) is 12.2. The van der Waals surface area contributed by atoms with Crippen LogP contribution in [0.15, 0.2) is 42.5 Å². The highest BCUT2D eigenvalue weighted by atomic mass is 35.5. The van der Waals surface area contributed by atoms with Crippen LogP contribution in [0.25, 0.3) is 0 Å². The fourth-order valence-electron chi connectivity index (χ4n) is 1.91. The minimum Gasteiger partial charge on any atom is -0.497 e. The standard InChI is InChI=1S/C16H16ClNO3/c1-20-14-6-3-11(4-7-14)16(19)18-10-12-9-13(17)5-8-15(12)21-2/h3-9H,10H2,1-2H3,(H,18,19). The van der Waals surface area contributed by atoms with Gasteiger partial charge in [0.25, 0.3) is 5.91 Å². The van der Waals surface area contributed by atoms with Crippen molar-refractivity contribution in [3.8, 4) is 11.5 Å². The summed E-state index contributed by atoms with van der Waals surface area (Å²) in [5.41, 5.74) is 1.39. The van der Waals surface area contributed by atoms with E-state index in [2.05, 4.69) is 5.32 Å². The quantitative estimate of drug-likeness (QED) is 0.922. The number of hydrogen-bond donors (Lipinski definition) is 1. The highest BCUT2D eigenvalue weighted by Gasteiger charge is 2.08. The van der Waals surface area contributed by atoms with Gasteiger partial charge >= 0.3 is 0 Å². The predicted octanol–water partition coefficient (Wildman–Crippen LogP) is 3.29. The minimum absolute atomic E-state index is 0.167. The van der Waals surface area contributed by atoms with Crippen molar-refractivity contribution in [2.75, 3.05) is 14.2 Å². The minimum atomic E-state index is -0.167. The van der Waals surface area contributed by atoms with E-state index in [1.165, 1.54) is 0 Å². The zero-order valence-corrected chi connectivity index (χ0v) is 12.6. The smallest absolute Gasteiger partial charge is 0.251 e. The van der Waals surface area contributed by atoms with Gasteiger partial charge in [0.15, 0.2) is 0 Å². The van der Waals surface area contributed by atoms with E-state index >= 15 is 0 Å². The summed E-state index contributed by atoms with van der Waals surface area (Å²) in [4.78, 5) is 12.1. The van der Waals surface area contributed by atoms with Crippen molar-refractivity contribution < 1.29 is 14.3 Å². The SMILES string of the molecule is COc1ccc(C(=O)NCc2cc(Cl)ccc2OC)cc1. The van der Waals surface area contributed by atoms with E-state index in [1.807, 2.05) is 0 Å². The molecule has 0 spiro atoms. The lowest BCUT2D eigenvalue weighted by atomic mass is 10.1. The molecule has 0 saturated heterocycles. The van der Waals surface area contributed by atoms with Gasteiger partial charge < -0.3 is 14.8 Å². The normalized spacial score (nSPS) is 10.0. The van der Waals surface area contributed by atoms with Crippen LogP contribution in [0.2, 0.25) is 5.02 Å². The number of carbonyl (C=O) groups excluding carboxylic acids is 1. The fourth-order valence-corrected chi connectivity index (χ4v) is 2.10. The van der Waals surface area contributed by atoms with Gasteiger partial charge in [0.1, 0.15) is 11.5 Å². The number of hydrogen-bond acceptors (Lipinski definition) is 3. The predicted molar refractivity (Wildman–Crippen MR) is 82.2 cm³/mol. The highest BCUT2D eigenvalue weighted by Crippen LogP contribution is 2.22. The van der Waals surface area contributed by atoms with Gasteiger partial charge in [-0.2, -0.15) is 0 Å². The average Bonchev–Trinajstić information content (AvgIpc) is 2.52. The van der Waals surface area contributed by atoms with Crippen molar-refractivity contribution in [3.05, 3.63) is 58.6 Å². The molecule has 0 aliphatic carbocycles. The third kappa shape index (κ3) is 3.89. The lowest BCUT2D eigenvalue weighted by Crippen LogP contribution is -2.23. The average molecular weight is 306 g/mol. The first-order valence-electron chi connectivity index (χ1n) is 6.38. The number of carbonyl (C=O) groups is 1. The molecule has 5 heteroatoms. The summed E-state index contributed by atoms with van der Waals surface area (Å²) in [5, 5.41) is 3.44. The van der Waals surface area contributed by atoms with E-state index in [4.69, 9.17) is 21.1 Å². The topological polar surface area (TPSA) is 47.6 Å². The molecule has 2 aromatic rings. The van der Waals surface area contributed by atoms with Crippen molar-refractivity contribution >= 4 is 17.5 Å². The van der Waals surface area contributed by atoms with Crippen molar-refractivity contribution in [3.63, 3.8) is 0 Å². The van der Waals surface area contributed by atoms with Gasteiger partial charge in [-0.25, -0.2) is 0 Å². The number of methoxy groups -OCH3 is 2. The molecule has 0 fully saturated rings. The maximum absolute atomic E-state index is 12.1. The number of benzene rings is 2. The van der Waals surface area contributed by atoms with Crippen molar-refractivity contribution in [2.45, 2.75) is 6.54 Å². The van der Waals surface area contributed by atoms with Gasteiger partial charge in [-0.1, -0.05) is 11.6 Å². The van der Waals surface area contributed by atoms with Crippen LogP contribution in [-0.2, 0) is 6.54 Å². The van der Waals surface area contributed by atoms with Crippen LogP contribution < -0.4 is 14.8 Å². The second kappa shape index (κ2) is 6.99. The summed E-state index contributed by atoms with van der Waals surface area (Å²) < 4.78 is 10.3. The number of nitrogens with one attached hydrogen (secondary N) is 1. The van der Waals surface area contributed by atoms with E-state index in [-0.39, 0.29) is 5.91 Å². The van der Waals surface area contributed by atoms with Crippen LogP contribution in [0.4, 0.5) is 0 Å². The molecule has 0 bridgehead atoms. The monoisotopic (exact) mass is 305 g/mol. The molecule has 0 heterocycles. The van der Waals surface area contributed by atoms with E-state index in [0.29, 0.717) is 28.6 Å². The summed E-state index contributed by atoms with van der Waals surface area (Å²) in [5.74, 6) is 1.23. The third-order valence-electron chi connectivity index (χ3n) is 3.03. The van der Waals surface area contributed by atoms with Crippen LogP contribution in [0.5, 0.6) is 11.5 Å². The van der Waals surface area contributed by atoms with E-state index in [1.54, 1.807) is 56.7 Å². The number of halogens is 1. The second-order valence-electron chi connectivity index (χ2n) is 4.37. The maximum atomic E-state index is 12.1. The Balaban J connectivity index is 2.05. The zero-order valence-electron chi connectivity index (χ0n) is 11.9. The van der Waals surface area contributed by atoms with Crippen LogP contribution >= 0.6 is 11.6 Å². The van der Waals surface area contributed by atoms with Gasteiger partial charge in [-0.3, -0.25) is 4.79 Å². The molecule has 4 nitrogen and oxygen atoms in total. The number of amides is 1. The molecule has 0 aliphatic heterocycles. The maximum Gasteiger partial charge on any atom is 0.251 e. The zero-order chi connectivity index (χ0) is 15.2. The van der Waals surface area contributed by atoms with Crippen LogP contribution in [0, 0.1) is 0 Å². The Morgan fingerprint density at radius 3 is 2.43 bits per heavy atom. The molecule has 1 amide bonds. The lowest BCUT2D eigenvalue weighted by Gasteiger charge is -2.10. The van der Waals surface area contributed by atoms with Gasteiger partial charge in [0, 0.05) is 22.7 Å². The van der Waals surface area contributed by atoms with Crippen molar-refractivity contribution in [1.29, 1.82) is 0 Å². The Morgan fingerprint density at radius 1 is 1.10 bits per heavy atom. The first kappa shape index (κ1) is 15.2. The summed E-state index contributed by atoms with van der Waals surface area (Å²) in [7, 11) is 3.17. The molecule has 2 aromatic carbocycles. The van der Waals surface area contributed by atoms with Gasteiger partial charge in [-0.15, -0.1) is 0 Å². The van der Waals surface area contributed by atoms with Crippen LogP contribution in [0.1, 0.15) is 15.9 Å². The first-order valence-corrected chi connectivity index (χ1v) is 6.76. The fraction of sp³-hybridized carbons (Fsp3) is 0.188. The molecule has 0 aromatic heterocycles. The Labute approximate surface area is 128 Å². The molecule has 0 saturated carbocycles. The van der Waals surface area contributed by atoms with Crippen LogP contribution in [-0.4, -0.2) is 20.1 Å². The summed E-state index contributed by atoms with van der Waals surface area (Å²) >= 11 is 5.96. The number of ether oxygens (including phenoxy) is 2. The highest BCUT2D eigenvalue weighted by molar-refractivity contribution is 6.30. The molecule has 0 atom stereocenters. The molecule has 110 valence electrons. The molecule has 0 radical (unpaired) electrons. The Morgan fingerprint density at radius 2 is 1.81 bits per heavy atom. The molecule has 0 unspecified atom stereocenters. The van der Waals surface area contributed by atoms with Gasteiger partial charge in [0.05, 0.1) is 14.2 Å². The Hall–Kier alpha value is -2.20. The molecule has 2 rings (SSSR count). The second-order valence-corrected chi connectivity index (χ2v) is 4.80. The first-order chi connectivity index (χ1) is 10.1. The van der Waals surface area contributed by atoms with E-state index in [0.717, 1.165) is 5.56 Å². The largest absolute Gasteiger partial charge is 0.497 e. The molecule has 1 N–H and O–H groups in total. The van der Waals surface area contributed by atoms with Crippen molar-refractivity contribution in [2.24, 2.45) is 0 Å². The van der Waals surface area contributed by atoms with Crippen LogP contribution in [0.3, 0.4) is 0 Å². The summed E-state index contributed by atoms with van der Waals surface area (Å²) in [6.45, 7) is 0.342. The van der Waals surface area contributed by atoms with E-state index in [9.17, 15) is 4.79 Å². The molecular formula is C16H16ClNO3. The molecule has 0 aliphatic rings. The molecular weight excluding hydrogens is 290 g/mol. The Bertz CT molecular complexity index is 626. The summed E-state index contributed by atoms with van der Waals surface area (Å²) in [6.07, 6.45) is 0. The number of rotatable bonds is 5. The van der Waals surface area contributed by atoms with Gasteiger partial charge in [0.2, 0.25) is 0 Å². The molecule has 21 heavy (non-hydrogen) atoms. The Kier molecular flexibility index (Phi) is 5.06. The third-order valence-corrected chi connectivity index (χ3v) is 3.27. The van der Waals surface area contributed by atoms with Gasteiger partial charge in [-0.05, 0) is 42.5 Å². The van der Waals surface area contributed by atoms with Crippen molar-refractivity contribution in [1.82, 2.24) is 5.32 Å². The lowest BCUT2D eigenvalue weighted by molar-refractivity contribution is 0.0950. The van der Waals surface area contributed by atoms with E-state index < -0.39 is 0 Å².